The van der Waals surface area contributed by atoms with Gasteiger partial charge in [-0.1, -0.05) is 57.7 Å². The summed E-state index contributed by atoms with van der Waals surface area (Å²) in [5, 5.41) is 17.6. The van der Waals surface area contributed by atoms with E-state index in [0.717, 1.165) is 43.3 Å². The van der Waals surface area contributed by atoms with Crippen LogP contribution in [0.1, 0.15) is 65.0 Å². The van der Waals surface area contributed by atoms with E-state index in [9.17, 15) is 29.1 Å². The number of nitrogens with one attached hydrogen (secondary N) is 2. The minimum Gasteiger partial charge on any atom is -0.508 e. The van der Waals surface area contributed by atoms with Crippen molar-refractivity contribution in [2.45, 2.75) is 91.4 Å². The first-order valence-electron chi connectivity index (χ1n) is 22.2. The number of amides is 4. The molecule has 3 aliphatic rings. The number of anilines is 1. The van der Waals surface area contributed by atoms with Crippen LogP contribution in [0.25, 0.3) is 32.6 Å². The molecule has 5 heterocycles. The molecular weight excluding hydrogens is 833 g/mol. The molecule has 16 heteroatoms. The van der Waals surface area contributed by atoms with Crippen LogP contribution in [-0.4, -0.2) is 125 Å². The van der Waals surface area contributed by atoms with Crippen molar-refractivity contribution in [3.05, 3.63) is 66.4 Å². The number of thiazole rings is 1. The third-order valence-electron chi connectivity index (χ3n) is 12.6. The van der Waals surface area contributed by atoms with E-state index in [2.05, 4.69) is 54.8 Å². The van der Waals surface area contributed by atoms with Crippen molar-refractivity contribution in [3.8, 4) is 27.4 Å². The second kappa shape index (κ2) is 18.8. The van der Waals surface area contributed by atoms with Crippen LogP contribution in [0.2, 0.25) is 0 Å². The first-order valence-corrected chi connectivity index (χ1v) is 23.1. The van der Waals surface area contributed by atoms with Crippen molar-refractivity contribution in [2.24, 2.45) is 17.3 Å². The number of likely N-dealkylation sites (tertiary alicyclic amines) is 1. The SMILES string of the molecule is C=CC(=O)N1CC[C@H](C(=O)N(C)[C@H](C(=O)N[C@H]2Cc3cc(O)cc(c3)-c3ccc4c(c3)c(c(-c3cnc(N(C)C)s3)n4CC)CC(C)(C)COC(=O)[C@@H]3CCCN(N3)C2=O)C(C)C)C1. The standard InChI is InChI=1S/C48H62N8O7S/c1-10-40(58)54-18-16-31(26-54)44(60)53(9)41(28(3)4)43(59)50-37-21-29-19-32(22-33(57)20-29)30-14-15-38-34(23-30)35(42(55(38)11-2)39-25-49-47(64-39)52(7)8)24-48(5,6)27-63-46(62)36-13-12-17-56(51-36)45(37)61/h10,14-15,19-20,22-23,25,28,31,36-37,41,51,57H,1,11-13,16-18,21,24,26-27H2,2-9H3,(H,50,59)/t31-,36-,37-,41-/m0/s1. The minimum atomic E-state index is -1.15. The van der Waals surface area contributed by atoms with Gasteiger partial charge in [0.15, 0.2) is 5.13 Å². The fourth-order valence-corrected chi connectivity index (χ4v) is 10.4. The van der Waals surface area contributed by atoms with E-state index in [1.54, 1.807) is 35.4 Å². The summed E-state index contributed by atoms with van der Waals surface area (Å²) in [6.07, 6.45) is 5.16. The summed E-state index contributed by atoms with van der Waals surface area (Å²) in [7, 11) is 5.53. The summed E-state index contributed by atoms with van der Waals surface area (Å²) in [5.74, 6) is -2.81. The number of esters is 1. The maximum absolute atomic E-state index is 14.7. The second-order valence-electron chi connectivity index (χ2n) is 18.7. The Hall–Kier alpha value is -5.74. The Morgan fingerprint density at radius 3 is 2.55 bits per heavy atom. The predicted octanol–water partition coefficient (Wildman–Crippen LogP) is 5.39. The molecule has 0 spiro atoms. The van der Waals surface area contributed by atoms with E-state index in [1.165, 1.54) is 16.0 Å². The molecule has 15 nitrogen and oxygen atoms in total. The fraction of sp³-hybridized carbons (Fsp3) is 0.500. The van der Waals surface area contributed by atoms with Gasteiger partial charge in [0, 0.05) is 76.3 Å². The van der Waals surface area contributed by atoms with E-state index in [-0.39, 0.29) is 49.6 Å². The zero-order valence-electron chi connectivity index (χ0n) is 38.3. The van der Waals surface area contributed by atoms with Gasteiger partial charge in [0.1, 0.15) is 23.9 Å². The molecule has 3 aliphatic heterocycles. The van der Waals surface area contributed by atoms with Gasteiger partial charge in [0.25, 0.3) is 5.91 Å². The highest BCUT2D eigenvalue weighted by atomic mass is 32.1. The zero-order valence-corrected chi connectivity index (χ0v) is 39.1. The molecular formula is C48H62N8O7S. The Balaban J connectivity index is 1.29. The minimum absolute atomic E-state index is 0.000617. The predicted molar refractivity (Wildman–Crippen MR) is 248 cm³/mol. The molecule has 0 radical (unpaired) electrons. The second-order valence-corrected chi connectivity index (χ2v) is 19.7. The number of carbonyl (C=O) groups excluding carboxylic acids is 5. The van der Waals surface area contributed by atoms with E-state index in [1.807, 2.05) is 51.2 Å². The van der Waals surface area contributed by atoms with E-state index in [4.69, 9.17) is 9.72 Å². The number of hydrazine groups is 1. The lowest BCUT2D eigenvalue weighted by molar-refractivity contribution is -0.155. The molecule has 2 saturated heterocycles. The lowest BCUT2D eigenvalue weighted by Gasteiger charge is -2.37. The van der Waals surface area contributed by atoms with Crippen LogP contribution in [-0.2, 0) is 48.1 Å². The molecule has 4 amide bonds. The zero-order chi connectivity index (χ0) is 46.2. The normalized spacial score (nSPS) is 20.7. The van der Waals surface area contributed by atoms with Crippen LogP contribution in [0.3, 0.4) is 0 Å². The van der Waals surface area contributed by atoms with E-state index >= 15 is 0 Å². The highest BCUT2D eigenvalue weighted by molar-refractivity contribution is 7.18. The Morgan fingerprint density at radius 2 is 1.86 bits per heavy atom. The maximum Gasteiger partial charge on any atom is 0.324 e. The van der Waals surface area contributed by atoms with Gasteiger partial charge in [-0.15, -0.1) is 0 Å². The first kappa shape index (κ1) is 46.3. The third kappa shape index (κ3) is 9.53. The number of fused-ring (bicyclic) bond motifs is 6. The summed E-state index contributed by atoms with van der Waals surface area (Å²) in [5.41, 5.74) is 7.99. The number of carbonyl (C=O) groups is 5. The van der Waals surface area contributed by atoms with E-state index in [0.29, 0.717) is 44.3 Å². The molecule has 64 heavy (non-hydrogen) atoms. The number of phenols is 1. The number of hydrogen-bond acceptors (Lipinski definition) is 11. The Labute approximate surface area is 379 Å². The van der Waals surface area contributed by atoms with Crippen molar-refractivity contribution in [1.82, 2.24) is 35.1 Å². The molecule has 2 fully saturated rings. The van der Waals surface area contributed by atoms with E-state index < -0.39 is 47.2 Å². The molecule has 342 valence electrons. The molecule has 7 rings (SSSR count). The summed E-state index contributed by atoms with van der Waals surface area (Å²) in [4.78, 5) is 79.9. The lowest BCUT2D eigenvalue weighted by Crippen LogP contribution is -2.62. The van der Waals surface area contributed by atoms with Crippen molar-refractivity contribution >= 4 is 57.0 Å². The van der Waals surface area contributed by atoms with Gasteiger partial charge in [-0.25, -0.2) is 10.4 Å². The van der Waals surface area contributed by atoms with Gasteiger partial charge in [-0.05, 0) is 91.1 Å². The topological polar surface area (TPSA) is 170 Å². The third-order valence-corrected chi connectivity index (χ3v) is 13.8. The molecule has 4 atom stereocenters. The molecule has 0 aliphatic carbocycles. The number of aromatic nitrogens is 2. The van der Waals surface area contributed by atoms with Crippen LogP contribution in [0.4, 0.5) is 5.13 Å². The van der Waals surface area contributed by atoms with Crippen LogP contribution in [0.5, 0.6) is 5.75 Å². The molecule has 3 N–H and O–H groups in total. The van der Waals surface area contributed by atoms with Gasteiger partial charge < -0.3 is 34.4 Å². The summed E-state index contributed by atoms with van der Waals surface area (Å²) in [6.45, 7) is 15.3. The Morgan fingerprint density at radius 1 is 1.09 bits per heavy atom. The number of rotatable bonds is 9. The average molecular weight is 895 g/mol. The lowest BCUT2D eigenvalue weighted by atomic mass is 9.85. The number of hydrogen-bond donors (Lipinski definition) is 3. The van der Waals surface area contributed by atoms with Crippen LogP contribution >= 0.6 is 11.3 Å². The summed E-state index contributed by atoms with van der Waals surface area (Å²) < 4.78 is 8.38. The van der Waals surface area contributed by atoms with Crippen LogP contribution < -0.4 is 15.6 Å². The molecule has 0 unspecified atom stereocenters. The number of cyclic esters (lactones) is 1. The number of likely N-dealkylation sites (N-methyl/N-ethyl adjacent to an activating group) is 1. The number of benzene rings is 2. The Bertz CT molecular complexity index is 2460. The summed E-state index contributed by atoms with van der Waals surface area (Å²) in [6, 6.07) is 8.59. The highest BCUT2D eigenvalue weighted by Crippen LogP contribution is 2.43. The van der Waals surface area contributed by atoms with Crippen molar-refractivity contribution < 1.29 is 33.8 Å². The number of ether oxygens (including phenoxy) is 1. The number of aryl methyl sites for hydroxylation is 1. The maximum atomic E-state index is 14.7. The molecule has 2 aromatic heterocycles. The monoisotopic (exact) mass is 894 g/mol. The molecule has 0 saturated carbocycles. The smallest absolute Gasteiger partial charge is 0.324 e. The van der Waals surface area contributed by atoms with Gasteiger partial charge in [0.2, 0.25) is 17.7 Å². The fourth-order valence-electron chi connectivity index (χ4n) is 9.47. The van der Waals surface area contributed by atoms with Crippen molar-refractivity contribution in [1.29, 1.82) is 0 Å². The largest absolute Gasteiger partial charge is 0.508 e. The number of phenolic OH excluding ortho intramolecular Hbond substituents is 1. The van der Waals surface area contributed by atoms with Gasteiger partial charge in [-0.2, -0.15) is 0 Å². The van der Waals surface area contributed by atoms with Gasteiger partial charge >= 0.3 is 5.97 Å². The van der Waals surface area contributed by atoms with Gasteiger partial charge in [0.05, 0.1) is 23.1 Å². The van der Waals surface area contributed by atoms with Crippen molar-refractivity contribution in [3.63, 3.8) is 0 Å². The first-order chi connectivity index (χ1) is 30.4. The molecule has 4 aromatic rings. The quantitative estimate of drug-likeness (QED) is 0.146. The molecule has 2 aromatic carbocycles. The van der Waals surface area contributed by atoms with Gasteiger partial charge in [-0.3, -0.25) is 29.0 Å². The number of aromatic hydroxyl groups is 1. The van der Waals surface area contributed by atoms with Crippen molar-refractivity contribution in [2.75, 3.05) is 52.3 Å². The van der Waals surface area contributed by atoms with Crippen LogP contribution in [0, 0.1) is 17.3 Å². The summed E-state index contributed by atoms with van der Waals surface area (Å²) >= 11 is 1.62. The van der Waals surface area contributed by atoms with Crippen LogP contribution in [0.15, 0.2) is 55.3 Å². The Kier molecular flexibility index (Phi) is 13.6. The highest BCUT2D eigenvalue weighted by Gasteiger charge is 2.40. The average Bonchev–Trinajstić information content (AvgIpc) is 4.02. The number of nitrogens with zero attached hydrogens (tertiary/aromatic N) is 6. The molecule has 6 bridgehead atoms.